The maximum Gasteiger partial charge on any atom is 0.248 e. The van der Waals surface area contributed by atoms with Crippen LogP contribution in [0.5, 0.6) is 0 Å². The van der Waals surface area contributed by atoms with E-state index in [4.69, 9.17) is 15.5 Å². The van der Waals surface area contributed by atoms with Gasteiger partial charge in [0.2, 0.25) is 5.91 Å². The van der Waals surface area contributed by atoms with Crippen molar-refractivity contribution in [2.45, 2.75) is 54.0 Å². The molecule has 0 aliphatic carbocycles. The van der Waals surface area contributed by atoms with Crippen molar-refractivity contribution in [3.63, 3.8) is 0 Å². The van der Waals surface area contributed by atoms with E-state index in [-0.39, 0.29) is 0 Å². The highest BCUT2D eigenvalue weighted by Gasteiger charge is 2.12. The van der Waals surface area contributed by atoms with Crippen LogP contribution >= 0.6 is 0 Å². The minimum Gasteiger partial charge on any atom is -0.380 e. The average molecular weight is 514 g/mol. The quantitative estimate of drug-likeness (QED) is 0.173. The highest BCUT2D eigenvalue weighted by molar-refractivity contribution is 6.11. The predicted octanol–water partition coefficient (Wildman–Crippen LogP) is 5.42. The molecule has 0 spiro atoms. The lowest BCUT2D eigenvalue weighted by molar-refractivity contribution is 0.100. The maximum atomic E-state index is 11.6. The number of hydrogen-bond acceptors (Lipinski definition) is 6. The Morgan fingerprint density at radius 3 is 2.34 bits per heavy atom. The van der Waals surface area contributed by atoms with E-state index in [0.29, 0.717) is 24.2 Å². The number of fused-ring (bicyclic) bond motifs is 3. The standard InChI is InChI=1S/C31H39N5O2/c1-19-20(2)22(4)27(23(5)21(19)3)17-33-11-6-7-14-38-15-13-35-31-26-10-12-34-18-28(26)25-9-8-24(30(32)37)16-29(25)36-31/h8-10,12,16,18,33H,6-7,11,13-15,17H2,1-5H3,(H2,32,37)(H,35,36). The van der Waals surface area contributed by atoms with Crippen LogP contribution in [0.3, 0.4) is 0 Å². The summed E-state index contributed by atoms with van der Waals surface area (Å²) < 4.78 is 5.86. The minimum absolute atomic E-state index is 0.436. The molecule has 0 unspecified atom stereocenters. The predicted molar refractivity (Wildman–Crippen MR) is 156 cm³/mol. The number of aromatic nitrogens is 2. The van der Waals surface area contributed by atoms with Crippen LogP contribution in [0.4, 0.5) is 5.82 Å². The van der Waals surface area contributed by atoms with Gasteiger partial charge >= 0.3 is 0 Å². The first-order valence-electron chi connectivity index (χ1n) is 13.3. The van der Waals surface area contributed by atoms with Gasteiger partial charge in [0.25, 0.3) is 0 Å². The zero-order valence-corrected chi connectivity index (χ0v) is 23.2. The lowest BCUT2D eigenvalue weighted by Crippen LogP contribution is -2.18. The fraction of sp³-hybridized carbons (Fsp3) is 0.387. The van der Waals surface area contributed by atoms with Crippen molar-refractivity contribution < 1.29 is 9.53 Å². The van der Waals surface area contributed by atoms with Crippen molar-refractivity contribution in [3.05, 3.63) is 75.6 Å². The number of nitrogens with one attached hydrogen (secondary N) is 2. The molecule has 0 saturated carbocycles. The third-order valence-corrected chi connectivity index (χ3v) is 7.77. The first-order chi connectivity index (χ1) is 18.3. The maximum absolute atomic E-state index is 11.6. The Bertz CT molecular complexity index is 1440. The van der Waals surface area contributed by atoms with Crippen LogP contribution in [0.25, 0.3) is 21.7 Å². The number of nitrogens with two attached hydrogens (primary N) is 1. The number of anilines is 1. The normalized spacial score (nSPS) is 11.4. The highest BCUT2D eigenvalue weighted by atomic mass is 16.5. The van der Waals surface area contributed by atoms with Gasteiger partial charge in [-0.1, -0.05) is 6.07 Å². The van der Waals surface area contributed by atoms with Gasteiger partial charge in [0.15, 0.2) is 0 Å². The second kappa shape index (κ2) is 12.3. The van der Waals surface area contributed by atoms with Gasteiger partial charge in [-0.25, -0.2) is 4.98 Å². The second-order valence-corrected chi connectivity index (χ2v) is 10.0. The van der Waals surface area contributed by atoms with E-state index in [0.717, 1.165) is 54.5 Å². The number of pyridine rings is 2. The molecular formula is C31H39N5O2. The molecule has 0 aliphatic rings. The molecule has 1 amide bonds. The molecule has 0 radical (unpaired) electrons. The fourth-order valence-electron chi connectivity index (χ4n) is 4.99. The van der Waals surface area contributed by atoms with Crippen molar-refractivity contribution in [1.29, 1.82) is 0 Å². The minimum atomic E-state index is -0.469. The van der Waals surface area contributed by atoms with Gasteiger partial charge in [0.05, 0.1) is 12.1 Å². The number of primary amides is 1. The zero-order chi connectivity index (χ0) is 27.2. The second-order valence-electron chi connectivity index (χ2n) is 10.0. The molecule has 4 N–H and O–H groups in total. The van der Waals surface area contributed by atoms with Gasteiger partial charge in [-0.3, -0.25) is 9.78 Å². The van der Waals surface area contributed by atoms with E-state index in [1.54, 1.807) is 18.3 Å². The van der Waals surface area contributed by atoms with Gasteiger partial charge < -0.3 is 21.1 Å². The molecule has 0 aliphatic heterocycles. The van der Waals surface area contributed by atoms with Crippen molar-refractivity contribution in [1.82, 2.24) is 15.3 Å². The Balaban J connectivity index is 1.22. The summed E-state index contributed by atoms with van der Waals surface area (Å²) in [5, 5.41) is 9.90. The van der Waals surface area contributed by atoms with E-state index < -0.39 is 5.91 Å². The number of nitrogens with zero attached hydrogens (tertiary/aromatic N) is 2. The Morgan fingerprint density at radius 2 is 1.61 bits per heavy atom. The molecular weight excluding hydrogens is 474 g/mol. The summed E-state index contributed by atoms with van der Waals surface area (Å²) in [7, 11) is 0. The largest absolute Gasteiger partial charge is 0.380 e. The third kappa shape index (κ3) is 5.95. The first kappa shape index (κ1) is 27.5. The summed E-state index contributed by atoms with van der Waals surface area (Å²) in [6, 6.07) is 7.27. The molecule has 200 valence electrons. The van der Waals surface area contributed by atoms with Crippen molar-refractivity contribution in [2.24, 2.45) is 5.73 Å². The van der Waals surface area contributed by atoms with E-state index >= 15 is 0 Å². The van der Waals surface area contributed by atoms with E-state index in [1.165, 1.54) is 33.4 Å². The van der Waals surface area contributed by atoms with E-state index in [2.05, 4.69) is 50.2 Å². The molecule has 2 aromatic carbocycles. The summed E-state index contributed by atoms with van der Waals surface area (Å²) >= 11 is 0. The average Bonchev–Trinajstić information content (AvgIpc) is 2.93. The van der Waals surface area contributed by atoms with Gasteiger partial charge in [0, 0.05) is 53.8 Å². The van der Waals surface area contributed by atoms with Gasteiger partial charge in [0.1, 0.15) is 5.82 Å². The van der Waals surface area contributed by atoms with Crippen LogP contribution < -0.4 is 16.4 Å². The van der Waals surface area contributed by atoms with Crippen LogP contribution in [0.2, 0.25) is 0 Å². The lowest BCUT2D eigenvalue weighted by Gasteiger charge is -2.19. The number of benzene rings is 2. The van der Waals surface area contributed by atoms with Crippen LogP contribution in [0.1, 0.15) is 56.6 Å². The third-order valence-electron chi connectivity index (χ3n) is 7.77. The summed E-state index contributed by atoms with van der Waals surface area (Å²) in [6.45, 7) is 15.0. The molecule has 4 rings (SSSR count). The Morgan fingerprint density at radius 1 is 0.868 bits per heavy atom. The topological polar surface area (TPSA) is 102 Å². The number of amides is 1. The SMILES string of the molecule is Cc1c(C)c(C)c(CNCCCCOCCNc2nc3cc(C(N)=O)ccc3c3cnccc23)c(C)c1C. The van der Waals surface area contributed by atoms with Crippen LogP contribution in [0, 0.1) is 34.6 Å². The van der Waals surface area contributed by atoms with Crippen molar-refractivity contribution >= 4 is 33.4 Å². The Labute approximate surface area is 225 Å². The van der Waals surface area contributed by atoms with E-state index in [1.807, 2.05) is 18.3 Å². The van der Waals surface area contributed by atoms with Gasteiger partial charge in [-0.05, 0) is 106 Å². The number of ether oxygens (including phenoxy) is 1. The number of rotatable bonds is 12. The molecule has 0 saturated heterocycles. The number of carbonyl (C=O) groups is 1. The van der Waals surface area contributed by atoms with E-state index in [9.17, 15) is 4.79 Å². The number of carbonyl (C=O) groups excluding carboxylic acids is 1. The number of hydrogen-bond donors (Lipinski definition) is 3. The molecule has 7 heteroatoms. The van der Waals surface area contributed by atoms with Crippen molar-refractivity contribution in [3.8, 4) is 0 Å². The van der Waals surface area contributed by atoms with Gasteiger partial charge in [-0.15, -0.1) is 0 Å². The van der Waals surface area contributed by atoms with Gasteiger partial charge in [-0.2, -0.15) is 0 Å². The Kier molecular flexibility index (Phi) is 8.92. The molecule has 2 aromatic heterocycles. The molecule has 38 heavy (non-hydrogen) atoms. The van der Waals surface area contributed by atoms with Crippen LogP contribution in [-0.4, -0.2) is 42.2 Å². The van der Waals surface area contributed by atoms with Crippen LogP contribution in [-0.2, 0) is 11.3 Å². The fourth-order valence-corrected chi connectivity index (χ4v) is 4.99. The molecule has 0 fully saturated rings. The number of unbranched alkanes of at least 4 members (excludes halogenated alkanes) is 1. The molecule has 2 heterocycles. The lowest BCUT2D eigenvalue weighted by atomic mass is 9.89. The molecule has 0 atom stereocenters. The summed E-state index contributed by atoms with van der Waals surface area (Å²) in [5.74, 6) is 0.278. The van der Waals surface area contributed by atoms with Crippen molar-refractivity contribution in [2.75, 3.05) is 31.6 Å². The highest BCUT2D eigenvalue weighted by Crippen LogP contribution is 2.29. The monoisotopic (exact) mass is 513 g/mol. The van der Waals surface area contributed by atoms with Crippen LogP contribution in [0.15, 0.2) is 36.7 Å². The smallest absolute Gasteiger partial charge is 0.248 e. The first-order valence-corrected chi connectivity index (χ1v) is 13.3. The summed E-state index contributed by atoms with van der Waals surface area (Å²) in [5.41, 5.74) is 15.1. The Hall–Kier alpha value is -3.55. The molecule has 4 aromatic rings. The molecule has 7 nitrogen and oxygen atoms in total. The molecule has 0 bridgehead atoms. The zero-order valence-electron chi connectivity index (χ0n) is 23.2. The summed E-state index contributed by atoms with van der Waals surface area (Å²) in [6.07, 6.45) is 5.66. The summed E-state index contributed by atoms with van der Waals surface area (Å²) in [4.78, 5) is 20.7.